The van der Waals surface area contributed by atoms with E-state index < -0.39 is 0 Å². The van der Waals surface area contributed by atoms with Gasteiger partial charge in [0.1, 0.15) is 0 Å². The van der Waals surface area contributed by atoms with Gasteiger partial charge in [-0.2, -0.15) is 9.97 Å². The van der Waals surface area contributed by atoms with Crippen LogP contribution in [0.1, 0.15) is 12.8 Å². The van der Waals surface area contributed by atoms with Gasteiger partial charge < -0.3 is 19.3 Å². The molecule has 0 bridgehead atoms. The molecule has 1 amide bonds. The molecule has 116 valence electrons. The lowest BCUT2D eigenvalue weighted by molar-refractivity contribution is -0.133. The summed E-state index contributed by atoms with van der Waals surface area (Å²) in [5.74, 6) is 1.59. The van der Waals surface area contributed by atoms with E-state index in [0.29, 0.717) is 24.3 Å². The van der Waals surface area contributed by atoms with Gasteiger partial charge in [-0.1, -0.05) is 0 Å². The quantitative estimate of drug-likeness (QED) is 0.818. The van der Waals surface area contributed by atoms with Crippen LogP contribution in [0.5, 0.6) is 11.8 Å². The fraction of sp³-hybridized carbons (Fsp3) is 0.643. The molecule has 1 atom stereocenters. The van der Waals surface area contributed by atoms with Crippen molar-refractivity contribution in [3.63, 3.8) is 0 Å². The van der Waals surface area contributed by atoms with Crippen molar-refractivity contribution in [1.82, 2.24) is 14.9 Å². The second-order valence-electron chi connectivity index (χ2n) is 5.27. The summed E-state index contributed by atoms with van der Waals surface area (Å²) in [5.41, 5.74) is 0. The van der Waals surface area contributed by atoms with E-state index in [1.54, 1.807) is 39.3 Å². The molecule has 2 rings (SSSR count). The molecular formula is C14H22N4O3. The van der Waals surface area contributed by atoms with Gasteiger partial charge in [-0.05, 0) is 12.8 Å². The molecule has 0 radical (unpaired) electrons. The summed E-state index contributed by atoms with van der Waals surface area (Å²) in [4.78, 5) is 24.5. The first kappa shape index (κ1) is 15.3. The predicted molar refractivity (Wildman–Crippen MR) is 78.8 cm³/mol. The number of aromatic nitrogens is 2. The number of nitrogens with zero attached hydrogens (tertiary/aromatic N) is 4. The third-order valence-corrected chi connectivity index (χ3v) is 3.58. The molecule has 0 N–H and O–H groups in total. The summed E-state index contributed by atoms with van der Waals surface area (Å²) in [5, 5.41) is 0. The van der Waals surface area contributed by atoms with Gasteiger partial charge in [-0.3, -0.25) is 4.79 Å². The Labute approximate surface area is 124 Å². The summed E-state index contributed by atoms with van der Waals surface area (Å²) >= 11 is 0. The smallest absolute Gasteiger partial charge is 0.231 e. The molecule has 1 aromatic rings. The van der Waals surface area contributed by atoms with Gasteiger partial charge in [0, 0.05) is 27.2 Å². The van der Waals surface area contributed by atoms with E-state index in [1.807, 2.05) is 4.90 Å². The van der Waals surface area contributed by atoms with Crippen molar-refractivity contribution in [2.75, 3.05) is 46.3 Å². The monoisotopic (exact) mass is 294 g/mol. The number of ether oxygens (including phenoxy) is 2. The Balaban J connectivity index is 2.19. The van der Waals surface area contributed by atoms with Gasteiger partial charge >= 0.3 is 0 Å². The summed E-state index contributed by atoms with van der Waals surface area (Å²) in [6.07, 6.45) is 1.84. The van der Waals surface area contributed by atoms with Crippen molar-refractivity contribution in [3.8, 4) is 11.8 Å². The molecule has 1 unspecified atom stereocenters. The molecule has 0 saturated carbocycles. The van der Waals surface area contributed by atoms with Crippen LogP contribution in [0.4, 0.5) is 5.95 Å². The third-order valence-electron chi connectivity index (χ3n) is 3.58. The summed E-state index contributed by atoms with van der Waals surface area (Å²) in [6, 6.07) is 1.63. The Morgan fingerprint density at radius 2 is 1.90 bits per heavy atom. The molecule has 1 aliphatic rings. The zero-order valence-corrected chi connectivity index (χ0v) is 13.0. The Kier molecular flexibility index (Phi) is 4.82. The van der Waals surface area contributed by atoms with Crippen LogP contribution in [0, 0.1) is 5.92 Å². The molecule has 21 heavy (non-hydrogen) atoms. The van der Waals surface area contributed by atoms with Gasteiger partial charge in [0.2, 0.25) is 23.6 Å². The lowest BCUT2D eigenvalue weighted by Gasteiger charge is -2.33. The lowest BCUT2D eigenvalue weighted by atomic mass is 9.97. The fourth-order valence-corrected chi connectivity index (χ4v) is 2.47. The van der Waals surface area contributed by atoms with Crippen LogP contribution in [0.3, 0.4) is 0 Å². The van der Waals surface area contributed by atoms with E-state index in [2.05, 4.69) is 9.97 Å². The van der Waals surface area contributed by atoms with E-state index in [-0.39, 0.29) is 11.8 Å². The van der Waals surface area contributed by atoms with Crippen molar-refractivity contribution in [2.45, 2.75) is 12.8 Å². The molecule has 1 fully saturated rings. The van der Waals surface area contributed by atoms with Crippen molar-refractivity contribution in [3.05, 3.63) is 6.07 Å². The normalized spacial score (nSPS) is 18.3. The van der Waals surface area contributed by atoms with E-state index >= 15 is 0 Å². The highest BCUT2D eigenvalue weighted by molar-refractivity contribution is 5.79. The minimum Gasteiger partial charge on any atom is -0.481 e. The second kappa shape index (κ2) is 6.60. The number of amides is 1. The third kappa shape index (κ3) is 3.53. The predicted octanol–water partition coefficient (Wildman–Crippen LogP) is 0.798. The number of piperidine rings is 1. The molecular weight excluding hydrogens is 272 g/mol. The second-order valence-corrected chi connectivity index (χ2v) is 5.27. The summed E-state index contributed by atoms with van der Waals surface area (Å²) in [6.45, 7) is 1.45. The summed E-state index contributed by atoms with van der Waals surface area (Å²) < 4.78 is 10.3. The SMILES string of the molecule is COc1cc(OC)nc(N2CCCC(C(=O)N(C)C)C2)n1. The van der Waals surface area contributed by atoms with E-state index in [4.69, 9.17) is 9.47 Å². The lowest BCUT2D eigenvalue weighted by Crippen LogP contribution is -2.43. The number of rotatable bonds is 4. The first-order valence-corrected chi connectivity index (χ1v) is 6.98. The zero-order valence-electron chi connectivity index (χ0n) is 13.0. The summed E-state index contributed by atoms with van der Waals surface area (Å²) in [7, 11) is 6.68. The topological polar surface area (TPSA) is 67.8 Å². The molecule has 0 spiro atoms. The Morgan fingerprint density at radius 3 is 2.43 bits per heavy atom. The zero-order chi connectivity index (χ0) is 15.4. The number of carbonyl (C=O) groups excluding carboxylic acids is 1. The Hall–Kier alpha value is -2.05. The maximum absolute atomic E-state index is 12.1. The van der Waals surface area contributed by atoms with E-state index in [0.717, 1.165) is 19.4 Å². The van der Waals surface area contributed by atoms with Crippen molar-refractivity contribution >= 4 is 11.9 Å². The standard InChI is InChI=1S/C14H22N4O3/c1-17(2)13(19)10-6-5-7-18(9-10)14-15-11(20-3)8-12(16-14)21-4/h8,10H,5-7,9H2,1-4H3. The minimum atomic E-state index is -0.0189. The van der Waals surface area contributed by atoms with Crippen LogP contribution < -0.4 is 14.4 Å². The highest BCUT2D eigenvalue weighted by atomic mass is 16.5. The molecule has 0 aliphatic carbocycles. The van der Waals surface area contributed by atoms with Gasteiger partial charge in [0.15, 0.2) is 0 Å². The minimum absolute atomic E-state index is 0.0189. The molecule has 2 heterocycles. The average molecular weight is 294 g/mol. The number of anilines is 1. The number of hydrogen-bond acceptors (Lipinski definition) is 6. The fourth-order valence-electron chi connectivity index (χ4n) is 2.47. The Bertz CT molecular complexity index is 485. The molecule has 7 heteroatoms. The highest BCUT2D eigenvalue weighted by Gasteiger charge is 2.28. The van der Waals surface area contributed by atoms with E-state index in [9.17, 15) is 4.79 Å². The van der Waals surface area contributed by atoms with Crippen LogP contribution in [0.25, 0.3) is 0 Å². The van der Waals surface area contributed by atoms with Gasteiger partial charge in [0.25, 0.3) is 0 Å². The Morgan fingerprint density at radius 1 is 1.29 bits per heavy atom. The first-order chi connectivity index (χ1) is 10.0. The van der Waals surface area contributed by atoms with Crippen LogP contribution in [0.2, 0.25) is 0 Å². The van der Waals surface area contributed by atoms with Gasteiger partial charge in [-0.15, -0.1) is 0 Å². The molecule has 1 aromatic heterocycles. The van der Waals surface area contributed by atoms with Crippen LogP contribution in [0.15, 0.2) is 6.07 Å². The van der Waals surface area contributed by atoms with Crippen molar-refractivity contribution < 1.29 is 14.3 Å². The molecule has 1 saturated heterocycles. The molecule has 0 aromatic carbocycles. The van der Waals surface area contributed by atoms with Crippen LogP contribution in [-0.2, 0) is 4.79 Å². The number of carbonyl (C=O) groups is 1. The van der Waals surface area contributed by atoms with Gasteiger partial charge in [-0.25, -0.2) is 0 Å². The van der Waals surface area contributed by atoms with Crippen LogP contribution >= 0.6 is 0 Å². The molecule has 1 aliphatic heterocycles. The maximum Gasteiger partial charge on any atom is 0.231 e. The van der Waals surface area contributed by atoms with Crippen LogP contribution in [-0.4, -0.2) is 62.2 Å². The first-order valence-electron chi connectivity index (χ1n) is 6.98. The molecule has 7 nitrogen and oxygen atoms in total. The largest absolute Gasteiger partial charge is 0.481 e. The van der Waals surface area contributed by atoms with E-state index in [1.165, 1.54) is 0 Å². The van der Waals surface area contributed by atoms with Crippen molar-refractivity contribution in [2.24, 2.45) is 5.92 Å². The maximum atomic E-state index is 12.1. The number of methoxy groups -OCH3 is 2. The number of hydrogen-bond donors (Lipinski definition) is 0. The highest BCUT2D eigenvalue weighted by Crippen LogP contribution is 2.25. The van der Waals surface area contributed by atoms with Gasteiger partial charge in [0.05, 0.1) is 26.2 Å². The average Bonchev–Trinajstić information content (AvgIpc) is 2.53. The van der Waals surface area contributed by atoms with Crippen molar-refractivity contribution in [1.29, 1.82) is 0 Å².